The van der Waals surface area contributed by atoms with Gasteiger partial charge in [-0.2, -0.15) is 0 Å². The Morgan fingerprint density at radius 3 is 2.71 bits per heavy atom. The van der Waals surface area contributed by atoms with E-state index in [-0.39, 0.29) is 6.03 Å². The molecule has 0 saturated carbocycles. The number of rotatable bonds is 8. The van der Waals surface area contributed by atoms with Gasteiger partial charge in [0.2, 0.25) is 0 Å². The Labute approximate surface area is 144 Å². The van der Waals surface area contributed by atoms with Crippen LogP contribution in [0.2, 0.25) is 0 Å². The maximum Gasteiger partial charge on any atom is 0.317 e. The average Bonchev–Trinajstić information content (AvgIpc) is 2.63. The van der Waals surface area contributed by atoms with Gasteiger partial charge in [0, 0.05) is 46.4 Å². The maximum atomic E-state index is 12.3. The van der Waals surface area contributed by atoms with Crippen LogP contribution in [0.25, 0.3) is 0 Å². The zero-order valence-electron chi connectivity index (χ0n) is 14.8. The van der Waals surface area contributed by atoms with Crippen molar-refractivity contribution in [2.75, 3.05) is 53.0 Å². The molecule has 0 unspecified atom stereocenters. The fourth-order valence-corrected chi connectivity index (χ4v) is 2.65. The number of methoxy groups -OCH3 is 1. The summed E-state index contributed by atoms with van der Waals surface area (Å²) in [4.78, 5) is 16.5. The molecule has 24 heavy (non-hydrogen) atoms. The van der Waals surface area contributed by atoms with Crippen molar-refractivity contribution in [1.29, 1.82) is 0 Å². The summed E-state index contributed by atoms with van der Waals surface area (Å²) < 4.78 is 10.7. The van der Waals surface area contributed by atoms with Crippen LogP contribution in [0.15, 0.2) is 24.3 Å². The van der Waals surface area contributed by atoms with Gasteiger partial charge in [-0.05, 0) is 24.1 Å². The fraction of sp³-hybridized carbons (Fsp3) is 0.611. The number of carbonyl (C=O) groups is 1. The van der Waals surface area contributed by atoms with Gasteiger partial charge in [-0.3, -0.25) is 4.90 Å². The van der Waals surface area contributed by atoms with Gasteiger partial charge in [0.15, 0.2) is 0 Å². The Morgan fingerprint density at radius 2 is 2.00 bits per heavy atom. The smallest absolute Gasteiger partial charge is 0.317 e. The van der Waals surface area contributed by atoms with Crippen LogP contribution in [0.1, 0.15) is 18.9 Å². The first kappa shape index (κ1) is 18.5. The number of nitrogens with zero attached hydrogens (tertiary/aromatic N) is 2. The maximum absolute atomic E-state index is 12.3. The summed E-state index contributed by atoms with van der Waals surface area (Å²) in [6.07, 6.45) is 0.983. The van der Waals surface area contributed by atoms with Crippen molar-refractivity contribution in [2.24, 2.45) is 0 Å². The van der Waals surface area contributed by atoms with Gasteiger partial charge < -0.3 is 19.7 Å². The predicted molar refractivity (Wildman–Crippen MR) is 94.4 cm³/mol. The summed E-state index contributed by atoms with van der Waals surface area (Å²) in [7, 11) is 1.71. The third-order valence-corrected chi connectivity index (χ3v) is 4.09. The predicted octanol–water partition coefficient (Wildman–Crippen LogP) is 1.95. The summed E-state index contributed by atoms with van der Waals surface area (Å²) in [5, 5.41) is 3.00. The second-order valence-electron chi connectivity index (χ2n) is 5.98. The number of nitrogens with one attached hydrogen (secondary N) is 1. The van der Waals surface area contributed by atoms with E-state index in [1.165, 1.54) is 0 Å². The summed E-state index contributed by atoms with van der Waals surface area (Å²) in [6, 6.07) is 7.89. The van der Waals surface area contributed by atoms with E-state index in [4.69, 9.17) is 9.47 Å². The molecule has 1 fully saturated rings. The van der Waals surface area contributed by atoms with E-state index in [2.05, 4.69) is 17.1 Å². The Kier molecular flexibility index (Phi) is 7.85. The molecule has 1 aliphatic rings. The average molecular weight is 335 g/mol. The Morgan fingerprint density at radius 1 is 1.21 bits per heavy atom. The van der Waals surface area contributed by atoms with Crippen LogP contribution >= 0.6 is 0 Å². The van der Waals surface area contributed by atoms with E-state index in [1.54, 1.807) is 7.11 Å². The molecule has 134 valence electrons. The lowest BCUT2D eigenvalue weighted by molar-refractivity contribution is 0.106. The van der Waals surface area contributed by atoms with Gasteiger partial charge in [-0.1, -0.05) is 19.1 Å². The number of benzene rings is 1. The molecule has 0 spiro atoms. The molecular formula is C18H29N3O3. The standard InChI is InChI=1S/C18H29N3O3/c1-3-12-24-17-6-4-5-16(14-17)15-19-18(22)21-9-7-20(8-10-21)11-13-23-2/h4-6,14H,3,7-13,15H2,1-2H3,(H,19,22). The lowest BCUT2D eigenvalue weighted by Crippen LogP contribution is -2.52. The van der Waals surface area contributed by atoms with E-state index in [0.717, 1.165) is 57.1 Å². The van der Waals surface area contributed by atoms with Gasteiger partial charge in [0.25, 0.3) is 0 Å². The normalized spacial score (nSPS) is 15.3. The highest BCUT2D eigenvalue weighted by Gasteiger charge is 2.20. The third-order valence-electron chi connectivity index (χ3n) is 4.09. The molecule has 0 aliphatic carbocycles. The zero-order valence-corrected chi connectivity index (χ0v) is 14.8. The first-order valence-corrected chi connectivity index (χ1v) is 8.68. The van der Waals surface area contributed by atoms with Crippen LogP contribution in [0.3, 0.4) is 0 Å². The van der Waals surface area contributed by atoms with E-state index in [9.17, 15) is 4.79 Å². The van der Waals surface area contributed by atoms with Gasteiger partial charge in [-0.25, -0.2) is 4.79 Å². The highest BCUT2D eigenvalue weighted by Crippen LogP contribution is 2.13. The van der Waals surface area contributed by atoms with Crippen LogP contribution in [0, 0.1) is 0 Å². The molecule has 6 nitrogen and oxygen atoms in total. The van der Waals surface area contributed by atoms with Gasteiger partial charge in [-0.15, -0.1) is 0 Å². The molecule has 0 bridgehead atoms. The third kappa shape index (κ3) is 6.02. The molecule has 2 amide bonds. The van der Waals surface area contributed by atoms with Gasteiger partial charge >= 0.3 is 6.03 Å². The molecule has 0 radical (unpaired) electrons. The molecule has 1 N–H and O–H groups in total. The first-order valence-electron chi connectivity index (χ1n) is 8.68. The monoisotopic (exact) mass is 335 g/mol. The van der Waals surface area contributed by atoms with E-state index in [0.29, 0.717) is 13.2 Å². The molecule has 1 aromatic rings. The molecule has 6 heteroatoms. The fourth-order valence-electron chi connectivity index (χ4n) is 2.65. The highest BCUT2D eigenvalue weighted by atomic mass is 16.5. The van der Waals surface area contributed by atoms with Crippen LogP contribution < -0.4 is 10.1 Å². The van der Waals surface area contributed by atoms with Crippen LogP contribution in [-0.2, 0) is 11.3 Å². The van der Waals surface area contributed by atoms with E-state index >= 15 is 0 Å². The molecule has 1 aromatic carbocycles. The number of ether oxygens (including phenoxy) is 2. The lowest BCUT2D eigenvalue weighted by atomic mass is 10.2. The van der Waals surface area contributed by atoms with Crippen LogP contribution in [0.4, 0.5) is 4.79 Å². The molecule has 1 heterocycles. The number of hydrogen-bond donors (Lipinski definition) is 1. The van der Waals surface area contributed by atoms with Gasteiger partial charge in [0.05, 0.1) is 13.2 Å². The molecule has 1 aliphatic heterocycles. The molecular weight excluding hydrogens is 306 g/mol. The van der Waals surface area contributed by atoms with Crippen LogP contribution in [-0.4, -0.2) is 68.9 Å². The second-order valence-corrected chi connectivity index (χ2v) is 5.98. The topological polar surface area (TPSA) is 54.0 Å². The first-order chi connectivity index (χ1) is 11.7. The minimum atomic E-state index is 0.00118. The van der Waals surface area contributed by atoms with E-state index in [1.807, 2.05) is 29.2 Å². The number of hydrogen-bond acceptors (Lipinski definition) is 4. The molecule has 0 aromatic heterocycles. The Hall–Kier alpha value is -1.79. The second kappa shape index (κ2) is 10.2. The Balaban J connectivity index is 1.73. The number of piperazine rings is 1. The van der Waals surface area contributed by atoms with Crippen molar-refractivity contribution in [2.45, 2.75) is 19.9 Å². The summed E-state index contributed by atoms with van der Waals surface area (Å²) in [6.45, 7) is 8.30. The zero-order chi connectivity index (χ0) is 17.2. The van der Waals surface area contributed by atoms with Crippen molar-refractivity contribution in [1.82, 2.24) is 15.1 Å². The summed E-state index contributed by atoms with van der Waals surface area (Å²) in [5.74, 6) is 0.857. The van der Waals surface area contributed by atoms with Crippen molar-refractivity contribution in [3.63, 3.8) is 0 Å². The minimum Gasteiger partial charge on any atom is -0.494 e. The Bertz CT molecular complexity index is 502. The number of carbonyl (C=O) groups excluding carboxylic acids is 1. The van der Waals surface area contributed by atoms with Gasteiger partial charge in [0.1, 0.15) is 5.75 Å². The number of urea groups is 1. The largest absolute Gasteiger partial charge is 0.494 e. The van der Waals surface area contributed by atoms with Crippen molar-refractivity contribution in [3.8, 4) is 5.75 Å². The molecule has 0 atom stereocenters. The van der Waals surface area contributed by atoms with Crippen molar-refractivity contribution >= 4 is 6.03 Å². The quantitative estimate of drug-likeness (QED) is 0.789. The van der Waals surface area contributed by atoms with Crippen LogP contribution in [0.5, 0.6) is 5.75 Å². The number of amides is 2. The van der Waals surface area contributed by atoms with E-state index < -0.39 is 0 Å². The highest BCUT2D eigenvalue weighted by molar-refractivity contribution is 5.74. The summed E-state index contributed by atoms with van der Waals surface area (Å²) >= 11 is 0. The molecule has 1 saturated heterocycles. The SMILES string of the molecule is CCCOc1cccc(CNC(=O)N2CCN(CCOC)CC2)c1. The van der Waals surface area contributed by atoms with Crippen molar-refractivity contribution in [3.05, 3.63) is 29.8 Å². The molecule has 2 rings (SSSR count). The minimum absolute atomic E-state index is 0.00118. The van der Waals surface area contributed by atoms with Crippen molar-refractivity contribution < 1.29 is 14.3 Å². The summed E-state index contributed by atoms with van der Waals surface area (Å²) in [5.41, 5.74) is 1.05. The lowest BCUT2D eigenvalue weighted by Gasteiger charge is -2.34.